The predicted octanol–water partition coefficient (Wildman–Crippen LogP) is 0.775. The number of hydrogen-bond donors (Lipinski definition) is 0. The summed E-state index contributed by atoms with van der Waals surface area (Å²) in [7, 11) is 0. The van der Waals surface area contributed by atoms with Crippen LogP contribution in [0.15, 0.2) is 12.4 Å². The van der Waals surface area contributed by atoms with Crippen molar-refractivity contribution in [1.29, 1.82) is 5.26 Å². The molecule has 3 nitrogen and oxygen atoms in total. The van der Waals surface area contributed by atoms with Gasteiger partial charge in [-0.25, -0.2) is 0 Å². The van der Waals surface area contributed by atoms with Gasteiger partial charge < -0.3 is 0 Å². The van der Waals surface area contributed by atoms with Crippen LogP contribution in [0, 0.1) is 11.3 Å². The Morgan fingerprint density at radius 1 is 1.89 bits per heavy atom. The lowest BCUT2D eigenvalue weighted by Crippen LogP contribution is -1.91. The molecule has 0 aliphatic carbocycles. The first-order valence-corrected chi connectivity index (χ1v) is 2.79. The lowest BCUT2D eigenvalue weighted by molar-refractivity contribution is 0.659. The van der Waals surface area contributed by atoms with Crippen molar-refractivity contribution in [2.75, 3.05) is 0 Å². The van der Waals surface area contributed by atoms with Gasteiger partial charge in [-0.15, -0.1) is 0 Å². The molecule has 0 aromatic carbocycles. The molecule has 0 unspecified atom stereocenters. The molecule has 0 saturated carbocycles. The van der Waals surface area contributed by atoms with Crippen molar-refractivity contribution in [3.8, 4) is 6.07 Å². The molecule has 0 N–H and O–H groups in total. The first-order valence-electron chi connectivity index (χ1n) is 2.79. The summed E-state index contributed by atoms with van der Waals surface area (Å²) in [5, 5.41) is 12.2. The Bertz CT molecular complexity index is 231. The zero-order chi connectivity index (χ0) is 6.69. The summed E-state index contributed by atoms with van der Waals surface area (Å²) < 4.78 is 1.72. The number of aryl methyl sites for hydroxylation is 1. The zero-order valence-electron chi connectivity index (χ0n) is 5.20. The maximum absolute atomic E-state index is 8.34. The lowest BCUT2D eigenvalue weighted by atomic mass is 10.4. The molecule has 0 atom stereocenters. The Labute approximate surface area is 53.5 Å². The highest BCUT2D eigenvalue weighted by molar-refractivity contribution is 5.21. The van der Waals surface area contributed by atoms with Crippen LogP contribution in [-0.4, -0.2) is 9.78 Å². The van der Waals surface area contributed by atoms with Crippen LogP contribution in [0.1, 0.15) is 12.5 Å². The van der Waals surface area contributed by atoms with E-state index >= 15 is 0 Å². The van der Waals surface area contributed by atoms with Crippen LogP contribution in [0.3, 0.4) is 0 Å². The number of nitriles is 1. The van der Waals surface area contributed by atoms with Crippen molar-refractivity contribution in [2.24, 2.45) is 0 Å². The van der Waals surface area contributed by atoms with Gasteiger partial charge >= 0.3 is 0 Å². The molecular formula is C6H7N3. The summed E-state index contributed by atoms with van der Waals surface area (Å²) >= 11 is 0. The smallest absolute Gasteiger partial charge is 0.102 e. The van der Waals surface area contributed by atoms with Crippen LogP contribution in [-0.2, 0) is 6.54 Å². The molecule has 3 heteroatoms. The van der Waals surface area contributed by atoms with Crippen LogP contribution in [0.25, 0.3) is 0 Å². The summed E-state index contributed by atoms with van der Waals surface area (Å²) in [5.74, 6) is 0. The Hall–Kier alpha value is -1.30. The van der Waals surface area contributed by atoms with Crippen molar-refractivity contribution < 1.29 is 0 Å². The summed E-state index contributed by atoms with van der Waals surface area (Å²) in [6, 6.07) is 2.00. The van der Waals surface area contributed by atoms with E-state index in [1.807, 2.05) is 13.0 Å². The van der Waals surface area contributed by atoms with Gasteiger partial charge in [0.2, 0.25) is 0 Å². The quantitative estimate of drug-likeness (QED) is 0.550. The van der Waals surface area contributed by atoms with Crippen molar-refractivity contribution >= 4 is 0 Å². The normalized spacial score (nSPS) is 8.89. The Balaban J connectivity index is 2.90. The fourth-order valence-electron chi connectivity index (χ4n) is 0.594. The van der Waals surface area contributed by atoms with E-state index in [2.05, 4.69) is 5.10 Å². The van der Waals surface area contributed by atoms with E-state index in [1.54, 1.807) is 17.1 Å². The van der Waals surface area contributed by atoms with Crippen LogP contribution in [0.5, 0.6) is 0 Å². The van der Waals surface area contributed by atoms with Gasteiger partial charge in [-0.2, -0.15) is 10.4 Å². The van der Waals surface area contributed by atoms with E-state index in [9.17, 15) is 0 Å². The number of aromatic nitrogens is 2. The highest BCUT2D eigenvalue weighted by Crippen LogP contribution is 1.92. The Morgan fingerprint density at radius 3 is 3.00 bits per heavy atom. The maximum Gasteiger partial charge on any atom is 0.102 e. The molecule has 46 valence electrons. The van der Waals surface area contributed by atoms with Crippen LogP contribution < -0.4 is 0 Å². The van der Waals surface area contributed by atoms with E-state index in [0.29, 0.717) is 5.56 Å². The minimum absolute atomic E-state index is 0.622. The van der Waals surface area contributed by atoms with E-state index in [4.69, 9.17) is 5.26 Å². The van der Waals surface area contributed by atoms with Gasteiger partial charge in [0, 0.05) is 12.7 Å². The average molecular weight is 121 g/mol. The fourth-order valence-corrected chi connectivity index (χ4v) is 0.594. The largest absolute Gasteiger partial charge is 0.272 e. The summed E-state index contributed by atoms with van der Waals surface area (Å²) in [6.45, 7) is 2.80. The van der Waals surface area contributed by atoms with Gasteiger partial charge in [-0.3, -0.25) is 4.68 Å². The summed E-state index contributed by atoms with van der Waals surface area (Å²) in [5.41, 5.74) is 0.622. The third-order valence-corrected chi connectivity index (χ3v) is 1.09. The molecule has 1 aromatic heterocycles. The molecule has 0 bridgehead atoms. The molecule has 0 aliphatic heterocycles. The topological polar surface area (TPSA) is 41.6 Å². The van der Waals surface area contributed by atoms with Crippen molar-refractivity contribution in [3.05, 3.63) is 18.0 Å². The third-order valence-electron chi connectivity index (χ3n) is 1.09. The van der Waals surface area contributed by atoms with Gasteiger partial charge in [0.1, 0.15) is 6.07 Å². The molecule has 9 heavy (non-hydrogen) atoms. The van der Waals surface area contributed by atoms with E-state index in [0.717, 1.165) is 6.54 Å². The highest BCUT2D eigenvalue weighted by Gasteiger charge is 1.91. The van der Waals surface area contributed by atoms with E-state index < -0.39 is 0 Å². The zero-order valence-corrected chi connectivity index (χ0v) is 5.20. The van der Waals surface area contributed by atoms with Crippen molar-refractivity contribution in [3.63, 3.8) is 0 Å². The number of rotatable bonds is 1. The Kier molecular flexibility index (Phi) is 1.50. The fraction of sp³-hybridized carbons (Fsp3) is 0.333. The van der Waals surface area contributed by atoms with Crippen LogP contribution in [0.4, 0.5) is 0 Å². The minimum atomic E-state index is 0.622. The van der Waals surface area contributed by atoms with Gasteiger partial charge in [0.05, 0.1) is 11.8 Å². The molecule has 0 fully saturated rings. The van der Waals surface area contributed by atoms with E-state index in [1.165, 1.54) is 0 Å². The van der Waals surface area contributed by atoms with Gasteiger partial charge in [0.15, 0.2) is 0 Å². The van der Waals surface area contributed by atoms with E-state index in [-0.39, 0.29) is 0 Å². The molecular weight excluding hydrogens is 114 g/mol. The molecule has 0 aliphatic rings. The van der Waals surface area contributed by atoms with Crippen molar-refractivity contribution in [1.82, 2.24) is 9.78 Å². The van der Waals surface area contributed by atoms with Crippen LogP contribution in [0.2, 0.25) is 0 Å². The van der Waals surface area contributed by atoms with Gasteiger partial charge in [0.25, 0.3) is 0 Å². The third kappa shape index (κ3) is 1.08. The monoisotopic (exact) mass is 121 g/mol. The maximum atomic E-state index is 8.34. The average Bonchev–Trinajstić information content (AvgIpc) is 2.34. The van der Waals surface area contributed by atoms with Crippen molar-refractivity contribution in [2.45, 2.75) is 13.5 Å². The molecule has 0 spiro atoms. The van der Waals surface area contributed by atoms with Crippen LogP contribution >= 0.6 is 0 Å². The first-order chi connectivity index (χ1) is 4.36. The highest BCUT2D eigenvalue weighted by atomic mass is 15.3. The lowest BCUT2D eigenvalue weighted by Gasteiger charge is -1.87. The first kappa shape index (κ1) is 5.83. The SMILES string of the molecule is CCn1cc(C#N)cn1. The van der Waals surface area contributed by atoms with Gasteiger partial charge in [-0.05, 0) is 6.92 Å². The molecule has 1 aromatic rings. The summed E-state index contributed by atoms with van der Waals surface area (Å²) in [4.78, 5) is 0. The molecule has 1 rings (SSSR count). The molecule has 0 radical (unpaired) electrons. The molecule has 1 heterocycles. The molecule has 0 amide bonds. The van der Waals surface area contributed by atoms with Gasteiger partial charge in [-0.1, -0.05) is 0 Å². The second-order valence-corrected chi connectivity index (χ2v) is 1.70. The number of hydrogen-bond acceptors (Lipinski definition) is 2. The second-order valence-electron chi connectivity index (χ2n) is 1.70. The standard InChI is InChI=1S/C6H7N3/c1-2-9-5-6(3-7)4-8-9/h4-5H,2H2,1H3. The molecule has 0 saturated heterocycles. The second kappa shape index (κ2) is 2.31. The Morgan fingerprint density at radius 2 is 2.67 bits per heavy atom. The number of nitrogens with zero attached hydrogens (tertiary/aromatic N) is 3. The minimum Gasteiger partial charge on any atom is -0.272 e. The summed E-state index contributed by atoms with van der Waals surface area (Å²) in [6.07, 6.45) is 3.28. The predicted molar refractivity (Wildman–Crippen MR) is 32.6 cm³/mol.